The highest BCUT2D eigenvalue weighted by molar-refractivity contribution is 7.99. The van der Waals surface area contributed by atoms with E-state index >= 15 is 0 Å². The number of rotatable bonds is 2. The minimum absolute atomic E-state index is 0.163. The highest BCUT2D eigenvalue weighted by Gasteiger charge is 2.14. The Labute approximate surface area is 124 Å². The van der Waals surface area contributed by atoms with Crippen LogP contribution in [0.3, 0.4) is 0 Å². The van der Waals surface area contributed by atoms with Gasteiger partial charge in [0.15, 0.2) is 0 Å². The Balaban J connectivity index is 2.09. The van der Waals surface area contributed by atoms with Crippen molar-refractivity contribution in [2.24, 2.45) is 0 Å². The van der Waals surface area contributed by atoms with Gasteiger partial charge < -0.3 is 16.5 Å². The molecule has 3 rings (SSSR count). The van der Waals surface area contributed by atoms with Gasteiger partial charge in [0.25, 0.3) is 0 Å². The molecule has 1 aromatic carbocycles. The lowest BCUT2D eigenvalue weighted by Crippen LogP contribution is -1.99. The molecule has 0 unspecified atom stereocenters. The van der Waals surface area contributed by atoms with Crippen LogP contribution in [0, 0.1) is 6.92 Å². The van der Waals surface area contributed by atoms with E-state index in [0.717, 1.165) is 20.9 Å². The fourth-order valence-corrected chi connectivity index (χ4v) is 3.25. The predicted octanol–water partition coefficient (Wildman–Crippen LogP) is 3.24. The van der Waals surface area contributed by atoms with Crippen molar-refractivity contribution in [1.29, 1.82) is 0 Å². The lowest BCUT2D eigenvalue weighted by atomic mass is 10.2. The van der Waals surface area contributed by atoms with Gasteiger partial charge in [0.2, 0.25) is 5.95 Å². The van der Waals surface area contributed by atoms with Crippen molar-refractivity contribution in [3.63, 3.8) is 0 Å². The number of nitrogen functional groups attached to an aromatic ring is 2. The molecule has 0 aliphatic heterocycles. The average molecular weight is 306 g/mol. The molecule has 0 bridgehead atoms. The third kappa shape index (κ3) is 2.28. The second-order valence-electron chi connectivity index (χ2n) is 4.33. The van der Waals surface area contributed by atoms with Crippen molar-refractivity contribution in [2.75, 3.05) is 11.5 Å². The van der Waals surface area contributed by atoms with E-state index in [9.17, 15) is 0 Å². The van der Waals surface area contributed by atoms with E-state index < -0.39 is 0 Å². The van der Waals surface area contributed by atoms with Crippen molar-refractivity contribution in [2.45, 2.75) is 16.8 Å². The lowest BCUT2D eigenvalue weighted by molar-refractivity contribution is 1.15. The Morgan fingerprint density at radius 1 is 1.25 bits per heavy atom. The van der Waals surface area contributed by atoms with Gasteiger partial charge in [0.1, 0.15) is 11.5 Å². The molecule has 102 valence electrons. The molecule has 2 aromatic heterocycles. The van der Waals surface area contributed by atoms with Crippen molar-refractivity contribution in [3.05, 3.63) is 34.9 Å². The summed E-state index contributed by atoms with van der Waals surface area (Å²) in [6.45, 7) is 1.97. The van der Waals surface area contributed by atoms with Gasteiger partial charge in [0, 0.05) is 9.92 Å². The molecule has 5 nitrogen and oxygen atoms in total. The van der Waals surface area contributed by atoms with Crippen LogP contribution >= 0.6 is 23.4 Å². The molecule has 20 heavy (non-hydrogen) atoms. The SMILES string of the molecule is Cc1c(Sc2cccc(Cl)c2)[nH]c2nc(N)nc(N)c12. The summed E-state index contributed by atoms with van der Waals surface area (Å²) >= 11 is 7.56. The molecule has 0 amide bonds. The smallest absolute Gasteiger partial charge is 0.223 e. The Bertz CT molecular complexity index is 799. The number of anilines is 2. The minimum atomic E-state index is 0.163. The third-order valence-electron chi connectivity index (χ3n) is 2.92. The number of aromatic nitrogens is 3. The molecule has 0 aliphatic carbocycles. The molecule has 2 heterocycles. The number of nitrogens with two attached hydrogens (primary N) is 2. The fraction of sp³-hybridized carbons (Fsp3) is 0.0769. The van der Waals surface area contributed by atoms with E-state index in [1.807, 2.05) is 31.2 Å². The zero-order chi connectivity index (χ0) is 14.3. The maximum absolute atomic E-state index is 5.99. The molecule has 7 heteroatoms. The number of aromatic amines is 1. The van der Waals surface area contributed by atoms with Gasteiger partial charge in [-0.1, -0.05) is 29.4 Å². The number of benzene rings is 1. The summed E-state index contributed by atoms with van der Waals surface area (Å²) in [4.78, 5) is 12.4. The van der Waals surface area contributed by atoms with Crippen LogP contribution in [0.2, 0.25) is 5.02 Å². The van der Waals surface area contributed by atoms with Gasteiger partial charge >= 0.3 is 0 Å². The first-order valence-electron chi connectivity index (χ1n) is 5.89. The molecule has 0 saturated heterocycles. The number of nitrogens with zero attached hydrogens (tertiary/aromatic N) is 2. The number of hydrogen-bond acceptors (Lipinski definition) is 5. The first kappa shape index (κ1) is 13.1. The highest BCUT2D eigenvalue weighted by Crippen LogP contribution is 2.35. The summed E-state index contributed by atoms with van der Waals surface area (Å²) in [6, 6.07) is 7.65. The summed E-state index contributed by atoms with van der Waals surface area (Å²) in [5.74, 6) is 0.551. The summed E-state index contributed by atoms with van der Waals surface area (Å²) in [7, 11) is 0. The Morgan fingerprint density at radius 3 is 2.80 bits per heavy atom. The molecule has 0 saturated carbocycles. The van der Waals surface area contributed by atoms with Crippen LogP contribution in [-0.4, -0.2) is 15.0 Å². The standard InChI is InChI=1S/C13H12ClN5S/c1-6-9-10(15)17-13(16)19-11(9)18-12(6)20-8-4-2-3-7(14)5-8/h2-5H,1H3,(H5,15,16,17,18,19). The average Bonchev–Trinajstić information content (AvgIpc) is 2.66. The van der Waals surface area contributed by atoms with Gasteiger partial charge in [-0.3, -0.25) is 0 Å². The number of H-pyrrole nitrogens is 1. The van der Waals surface area contributed by atoms with Crippen LogP contribution in [-0.2, 0) is 0 Å². The lowest BCUT2D eigenvalue weighted by Gasteiger charge is -2.01. The number of halogens is 1. The third-order valence-corrected chi connectivity index (χ3v) is 4.25. The Kier molecular flexibility index (Phi) is 3.19. The molecule has 0 spiro atoms. The number of nitrogens with one attached hydrogen (secondary N) is 1. The van der Waals surface area contributed by atoms with Crippen LogP contribution in [0.4, 0.5) is 11.8 Å². The first-order chi connectivity index (χ1) is 9.54. The maximum atomic E-state index is 5.99. The summed E-state index contributed by atoms with van der Waals surface area (Å²) in [5, 5.41) is 2.46. The quantitative estimate of drug-likeness (QED) is 0.676. The minimum Gasteiger partial charge on any atom is -0.383 e. The van der Waals surface area contributed by atoms with E-state index in [-0.39, 0.29) is 5.95 Å². The van der Waals surface area contributed by atoms with Crippen LogP contribution in [0.1, 0.15) is 5.56 Å². The second kappa shape index (κ2) is 4.88. The van der Waals surface area contributed by atoms with Gasteiger partial charge in [-0.15, -0.1) is 0 Å². The summed E-state index contributed by atoms with van der Waals surface area (Å²) in [5.41, 5.74) is 13.2. The van der Waals surface area contributed by atoms with Gasteiger partial charge in [-0.25, -0.2) is 0 Å². The summed E-state index contributed by atoms with van der Waals surface area (Å²) < 4.78 is 0. The topological polar surface area (TPSA) is 93.6 Å². The van der Waals surface area contributed by atoms with E-state index in [1.54, 1.807) is 11.8 Å². The normalized spacial score (nSPS) is 11.1. The van der Waals surface area contributed by atoms with Crippen molar-refractivity contribution in [3.8, 4) is 0 Å². The number of aryl methyl sites for hydroxylation is 1. The zero-order valence-electron chi connectivity index (χ0n) is 10.6. The summed E-state index contributed by atoms with van der Waals surface area (Å²) in [6.07, 6.45) is 0. The van der Waals surface area contributed by atoms with Gasteiger partial charge in [0.05, 0.1) is 10.4 Å². The molecule has 5 N–H and O–H groups in total. The zero-order valence-corrected chi connectivity index (χ0v) is 12.2. The Morgan fingerprint density at radius 2 is 2.05 bits per heavy atom. The molecule has 0 aliphatic rings. The van der Waals surface area contributed by atoms with E-state index in [4.69, 9.17) is 23.1 Å². The number of hydrogen-bond donors (Lipinski definition) is 3. The second-order valence-corrected chi connectivity index (χ2v) is 5.85. The van der Waals surface area contributed by atoms with E-state index in [2.05, 4.69) is 15.0 Å². The molecule has 0 fully saturated rings. The monoisotopic (exact) mass is 305 g/mol. The van der Waals surface area contributed by atoms with E-state index in [1.165, 1.54) is 0 Å². The van der Waals surface area contributed by atoms with Gasteiger partial charge in [-0.05, 0) is 30.7 Å². The Hall–Kier alpha value is -1.92. The van der Waals surface area contributed by atoms with Crippen LogP contribution < -0.4 is 11.5 Å². The van der Waals surface area contributed by atoms with Crippen LogP contribution in [0.15, 0.2) is 34.2 Å². The molecular weight excluding hydrogens is 294 g/mol. The van der Waals surface area contributed by atoms with Crippen LogP contribution in [0.25, 0.3) is 11.0 Å². The molecule has 3 aromatic rings. The van der Waals surface area contributed by atoms with Crippen molar-refractivity contribution < 1.29 is 0 Å². The van der Waals surface area contributed by atoms with Crippen LogP contribution in [0.5, 0.6) is 0 Å². The van der Waals surface area contributed by atoms with Crippen molar-refractivity contribution in [1.82, 2.24) is 15.0 Å². The number of fused-ring (bicyclic) bond motifs is 1. The largest absolute Gasteiger partial charge is 0.383 e. The predicted molar refractivity (Wildman–Crippen MR) is 83.0 cm³/mol. The van der Waals surface area contributed by atoms with E-state index in [0.29, 0.717) is 16.5 Å². The highest BCUT2D eigenvalue weighted by atomic mass is 35.5. The van der Waals surface area contributed by atoms with Crippen molar-refractivity contribution >= 4 is 46.2 Å². The molecule has 0 radical (unpaired) electrons. The maximum Gasteiger partial charge on any atom is 0.223 e. The fourth-order valence-electron chi connectivity index (χ4n) is 2.02. The first-order valence-corrected chi connectivity index (χ1v) is 7.08. The molecule has 0 atom stereocenters. The molecular formula is C13H12ClN5S. The van der Waals surface area contributed by atoms with Gasteiger partial charge in [-0.2, -0.15) is 9.97 Å².